The molecule has 15 heavy (non-hydrogen) atoms. The summed E-state index contributed by atoms with van der Waals surface area (Å²) in [7, 11) is 0. The average Bonchev–Trinajstić information content (AvgIpc) is 2.25. The first-order chi connectivity index (χ1) is 7.25. The summed E-state index contributed by atoms with van der Waals surface area (Å²) in [5.41, 5.74) is 6.70. The summed E-state index contributed by atoms with van der Waals surface area (Å²) in [4.78, 5) is 0. The Balaban J connectivity index is 2.40. The Kier molecular flexibility index (Phi) is 5.08. The smallest absolute Gasteiger partial charge is 0.127 e. The minimum Gasteiger partial charge on any atom is -0.398 e. The number of unbranched alkanes of at least 4 members (excludes halogenated alkanes) is 2. The van der Waals surface area contributed by atoms with Crippen molar-refractivity contribution in [3.05, 3.63) is 29.8 Å². The molecular formula is C12H17F2N. The highest BCUT2D eigenvalue weighted by Gasteiger charge is 2.11. The molecule has 1 nitrogen and oxygen atoms in total. The fraction of sp³-hybridized carbons (Fsp3) is 0.500. The molecule has 0 aliphatic rings. The number of hydrogen-bond donors (Lipinski definition) is 1. The van der Waals surface area contributed by atoms with E-state index in [1.165, 1.54) is 0 Å². The molecule has 0 fully saturated rings. The van der Waals surface area contributed by atoms with Gasteiger partial charge in [-0.3, -0.25) is 4.39 Å². The van der Waals surface area contributed by atoms with Crippen molar-refractivity contribution in [2.45, 2.75) is 31.9 Å². The van der Waals surface area contributed by atoms with E-state index in [-0.39, 0.29) is 6.67 Å². The van der Waals surface area contributed by atoms with Gasteiger partial charge in [-0.2, -0.15) is 0 Å². The Labute approximate surface area is 89.3 Å². The number of nitrogens with two attached hydrogens (primary N) is 1. The Hall–Kier alpha value is -1.12. The van der Waals surface area contributed by atoms with Crippen molar-refractivity contribution in [3.63, 3.8) is 0 Å². The summed E-state index contributed by atoms with van der Waals surface area (Å²) >= 11 is 0. The van der Waals surface area contributed by atoms with Crippen LogP contribution in [-0.4, -0.2) is 6.67 Å². The predicted molar refractivity (Wildman–Crippen MR) is 59.1 cm³/mol. The Morgan fingerprint density at radius 1 is 1.13 bits per heavy atom. The number of nitrogen functional groups attached to an aromatic ring is 1. The zero-order chi connectivity index (χ0) is 11.1. The second-order valence-electron chi connectivity index (χ2n) is 3.63. The first-order valence-electron chi connectivity index (χ1n) is 5.30. The highest BCUT2D eigenvalue weighted by atomic mass is 19.1. The molecule has 2 N–H and O–H groups in total. The van der Waals surface area contributed by atoms with Gasteiger partial charge in [0.1, 0.15) is 6.17 Å². The van der Waals surface area contributed by atoms with Crippen LogP contribution < -0.4 is 5.73 Å². The third-order valence-corrected chi connectivity index (χ3v) is 2.42. The highest BCUT2D eigenvalue weighted by Crippen LogP contribution is 2.27. The van der Waals surface area contributed by atoms with Gasteiger partial charge in [-0.15, -0.1) is 0 Å². The lowest BCUT2D eigenvalue weighted by molar-refractivity contribution is 0.311. The maximum atomic E-state index is 13.6. The second-order valence-corrected chi connectivity index (χ2v) is 3.63. The summed E-state index contributed by atoms with van der Waals surface area (Å²) in [5.74, 6) is 0. The van der Waals surface area contributed by atoms with Crippen LogP contribution in [0.2, 0.25) is 0 Å². The maximum absolute atomic E-state index is 13.6. The van der Waals surface area contributed by atoms with Crippen molar-refractivity contribution in [1.82, 2.24) is 0 Å². The van der Waals surface area contributed by atoms with Gasteiger partial charge in [0.15, 0.2) is 0 Å². The first-order valence-corrected chi connectivity index (χ1v) is 5.30. The fourth-order valence-corrected chi connectivity index (χ4v) is 1.55. The van der Waals surface area contributed by atoms with Gasteiger partial charge in [0, 0.05) is 11.3 Å². The molecule has 0 bridgehead atoms. The van der Waals surface area contributed by atoms with Crippen molar-refractivity contribution in [3.8, 4) is 0 Å². The Morgan fingerprint density at radius 2 is 1.87 bits per heavy atom. The Morgan fingerprint density at radius 3 is 2.53 bits per heavy atom. The molecule has 0 saturated carbocycles. The molecular weight excluding hydrogens is 196 g/mol. The second kappa shape index (κ2) is 6.38. The number of benzene rings is 1. The van der Waals surface area contributed by atoms with Crippen LogP contribution in [0, 0.1) is 0 Å². The van der Waals surface area contributed by atoms with Crippen LogP contribution >= 0.6 is 0 Å². The zero-order valence-electron chi connectivity index (χ0n) is 8.76. The number of para-hydroxylation sites is 1. The van der Waals surface area contributed by atoms with E-state index in [1.807, 2.05) is 0 Å². The lowest BCUT2D eigenvalue weighted by Crippen LogP contribution is -1.98. The van der Waals surface area contributed by atoms with Gasteiger partial charge >= 0.3 is 0 Å². The van der Waals surface area contributed by atoms with Gasteiger partial charge < -0.3 is 5.73 Å². The first kappa shape index (κ1) is 12.0. The standard InChI is InChI=1S/C12H17F2N/c13-9-5-1-2-7-11(14)10-6-3-4-8-12(10)15/h3-4,6,8,11H,1-2,5,7,9,15H2. The van der Waals surface area contributed by atoms with Crippen LogP contribution in [-0.2, 0) is 0 Å². The number of rotatable bonds is 6. The van der Waals surface area contributed by atoms with Crippen LogP contribution in [0.5, 0.6) is 0 Å². The molecule has 1 unspecified atom stereocenters. The number of anilines is 1. The molecule has 84 valence electrons. The van der Waals surface area contributed by atoms with E-state index >= 15 is 0 Å². The van der Waals surface area contributed by atoms with E-state index < -0.39 is 6.17 Å². The summed E-state index contributed by atoms with van der Waals surface area (Å²) in [6.45, 7) is -0.315. The molecule has 0 aliphatic carbocycles. The van der Waals surface area contributed by atoms with E-state index in [0.717, 1.165) is 6.42 Å². The van der Waals surface area contributed by atoms with Crippen molar-refractivity contribution in [1.29, 1.82) is 0 Å². The molecule has 0 amide bonds. The average molecular weight is 213 g/mol. The van der Waals surface area contributed by atoms with Crippen LogP contribution in [0.25, 0.3) is 0 Å². The van der Waals surface area contributed by atoms with Crippen molar-refractivity contribution < 1.29 is 8.78 Å². The van der Waals surface area contributed by atoms with Gasteiger partial charge in [-0.1, -0.05) is 31.0 Å². The number of halogens is 2. The molecule has 0 saturated heterocycles. The van der Waals surface area contributed by atoms with E-state index in [4.69, 9.17) is 5.73 Å². The van der Waals surface area contributed by atoms with Crippen LogP contribution in [0.3, 0.4) is 0 Å². The van der Waals surface area contributed by atoms with Gasteiger partial charge in [0.25, 0.3) is 0 Å². The summed E-state index contributed by atoms with van der Waals surface area (Å²) < 4.78 is 25.4. The zero-order valence-corrected chi connectivity index (χ0v) is 8.76. The van der Waals surface area contributed by atoms with Crippen molar-refractivity contribution >= 4 is 5.69 Å². The van der Waals surface area contributed by atoms with Gasteiger partial charge in [-0.05, 0) is 18.9 Å². The fourth-order valence-electron chi connectivity index (χ4n) is 1.55. The molecule has 0 radical (unpaired) electrons. The molecule has 0 heterocycles. The van der Waals surface area contributed by atoms with E-state index in [9.17, 15) is 8.78 Å². The molecule has 1 rings (SSSR count). The SMILES string of the molecule is Nc1ccccc1C(F)CCCCCF. The van der Waals surface area contributed by atoms with Gasteiger partial charge in [0.2, 0.25) is 0 Å². The summed E-state index contributed by atoms with van der Waals surface area (Å²) in [6, 6.07) is 6.97. The van der Waals surface area contributed by atoms with Crippen LogP contribution in [0.15, 0.2) is 24.3 Å². The predicted octanol–water partition coefficient (Wildman–Crippen LogP) is 3.81. The molecule has 0 spiro atoms. The van der Waals surface area contributed by atoms with E-state index in [0.29, 0.717) is 30.5 Å². The van der Waals surface area contributed by atoms with E-state index in [2.05, 4.69) is 0 Å². The van der Waals surface area contributed by atoms with E-state index in [1.54, 1.807) is 24.3 Å². The van der Waals surface area contributed by atoms with Crippen molar-refractivity contribution in [2.24, 2.45) is 0 Å². The molecule has 1 aromatic carbocycles. The molecule has 1 aromatic rings. The van der Waals surface area contributed by atoms with Crippen molar-refractivity contribution in [2.75, 3.05) is 12.4 Å². The lowest BCUT2D eigenvalue weighted by atomic mass is 10.0. The molecule has 0 aromatic heterocycles. The lowest BCUT2D eigenvalue weighted by Gasteiger charge is -2.10. The maximum Gasteiger partial charge on any atom is 0.127 e. The van der Waals surface area contributed by atoms with Crippen LogP contribution in [0.1, 0.15) is 37.4 Å². The number of hydrogen-bond acceptors (Lipinski definition) is 1. The topological polar surface area (TPSA) is 26.0 Å². The summed E-state index contributed by atoms with van der Waals surface area (Å²) in [5, 5.41) is 0. The molecule has 0 aliphatic heterocycles. The minimum atomic E-state index is -1.02. The van der Waals surface area contributed by atoms with Crippen LogP contribution in [0.4, 0.5) is 14.5 Å². The minimum absolute atomic E-state index is 0.315. The highest BCUT2D eigenvalue weighted by molar-refractivity contribution is 5.47. The number of alkyl halides is 2. The Bertz CT molecular complexity index is 289. The van der Waals surface area contributed by atoms with Gasteiger partial charge in [0.05, 0.1) is 6.67 Å². The monoisotopic (exact) mass is 213 g/mol. The quantitative estimate of drug-likeness (QED) is 0.564. The third-order valence-electron chi connectivity index (χ3n) is 2.42. The largest absolute Gasteiger partial charge is 0.398 e. The molecule has 1 atom stereocenters. The summed E-state index contributed by atoms with van der Waals surface area (Å²) in [6.07, 6.45) is 1.37. The van der Waals surface area contributed by atoms with Gasteiger partial charge in [-0.25, -0.2) is 4.39 Å². The molecule has 3 heteroatoms. The third kappa shape index (κ3) is 3.86. The normalized spacial score (nSPS) is 12.7.